The first-order valence-electron chi connectivity index (χ1n) is 8.18. The Hall–Kier alpha value is -2.25. The number of thiophene rings is 1. The SMILES string of the molecule is O=C(N/C=C/c1cc(F)c(F)c(F)c1)C(C[P+](=O)O)c1csc2ccc(Cl)cc12. The van der Waals surface area contributed by atoms with E-state index in [9.17, 15) is 27.4 Å². The lowest BCUT2D eigenvalue weighted by atomic mass is 9.99. The molecule has 0 aliphatic carbocycles. The molecule has 0 aliphatic heterocycles. The highest BCUT2D eigenvalue weighted by Crippen LogP contribution is 2.36. The van der Waals surface area contributed by atoms with Crippen molar-refractivity contribution >= 4 is 53.0 Å². The molecule has 10 heteroatoms. The molecular formula is C19H13ClF3NO3PS+. The number of hydrogen-bond donors (Lipinski definition) is 2. The topological polar surface area (TPSA) is 66.4 Å². The van der Waals surface area contributed by atoms with Crippen molar-refractivity contribution in [3.05, 3.63) is 75.5 Å². The number of fused-ring (bicyclic) bond motifs is 1. The van der Waals surface area contributed by atoms with Gasteiger partial charge in [0.15, 0.2) is 23.6 Å². The van der Waals surface area contributed by atoms with Gasteiger partial charge in [-0.2, -0.15) is 4.89 Å². The molecule has 0 saturated heterocycles. The van der Waals surface area contributed by atoms with E-state index in [0.29, 0.717) is 16.0 Å². The number of hydrogen-bond acceptors (Lipinski definition) is 3. The lowest BCUT2D eigenvalue weighted by Gasteiger charge is -2.10. The highest BCUT2D eigenvalue weighted by atomic mass is 35.5. The van der Waals surface area contributed by atoms with Crippen molar-refractivity contribution in [3.63, 3.8) is 0 Å². The van der Waals surface area contributed by atoms with Gasteiger partial charge in [-0.25, -0.2) is 13.2 Å². The molecule has 0 radical (unpaired) electrons. The number of amides is 1. The summed E-state index contributed by atoms with van der Waals surface area (Å²) in [6, 6.07) is 6.72. The minimum Gasteiger partial charge on any atom is -0.332 e. The molecule has 3 aromatic rings. The van der Waals surface area contributed by atoms with Gasteiger partial charge in [-0.3, -0.25) is 4.79 Å². The Morgan fingerprint density at radius 1 is 1.24 bits per heavy atom. The summed E-state index contributed by atoms with van der Waals surface area (Å²) < 4.78 is 51.8. The molecule has 1 aromatic heterocycles. The predicted molar refractivity (Wildman–Crippen MR) is 108 cm³/mol. The van der Waals surface area contributed by atoms with E-state index in [1.54, 1.807) is 23.6 Å². The lowest BCUT2D eigenvalue weighted by molar-refractivity contribution is -0.121. The van der Waals surface area contributed by atoms with Crippen molar-refractivity contribution < 1.29 is 27.4 Å². The number of carbonyl (C=O) groups is 1. The standard InChI is InChI=1S/C19H12ClF3NO3PS/c20-11-1-2-17-12(7-11)14(9-29-17)13(8-28(26)27)19(25)24-4-3-10-5-15(21)18(23)16(22)6-10/h1-7,9,13H,8H2,(H-,24,25,26,27)/p+1/b4-3+. The van der Waals surface area contributed by atoms with Crippen LogP contribution in [0, 0.1) is 17.5 Å². The molecular weight excluding hydrogens is 446 g/mol. The minimum absolute atomic E-state index is 0.000695. The normalized spacial score (nSPS) is 13.1. The average molecular weight is 459 g/mol. The van der Waals surface area contributed by atoms with Gasteiger partial charge in [0.2, 0.25) is 5.91 Å². The fourth-order valence-electron chi connectivity index (χ4n) is 2.76. The summed E-state index contributed by atoms with van der Waals surface area (Å²) in [5, 5.41) is 5.32. The number of carbonyl (C=O) groups excluding carboxylic acids is 1. The first kappa shape index (κ1) is 21.5. The Bertz CT molecular complexity index is 1110. The van der Waals surface area contributed by atoms with Crippen LogP contribution in [-0.2, 0) is 9.36 Å². The fourth-order valence-corrected chi connectivity index (χ4v) is 4.60. The van der Waals surface area contributed by atoms with Gasteiger partial charge in [0.1, 0.15) is 5.92 Å². The quantitative estimate of drug-likeness (QED) is 0.374. The Balaban J connectivity index is 1.84. The van der Waals surface area contributed by atoms with Crippen LogP contribution in [0.5, 0.6) is 0 Å². The van der Waals surface area contributed by atoms with Crippen LogP contribution in [-0.4, -0.2) is 17.0 Å². The van der Waals surface area contributed by atoms with E-state index >= 15 is 0 Å². The highest BCUT2D eigenvalue weighted by molar-refractivity contribution is 7.38. The molecule has 1 heterocycles. The van der Waals surface area contributed by atoms with Crippen LogP contribution >= 0.6 is 31.0 Å². The van der Waals surface area contributed by atoms with Crippen LogP contribution in [0.15, 0.2) is 41.9 Å². The molecule has 2 aromatic carbocycles. The maximum absolute atomic E-state index is 13.3. The van der Waals surface area contributed by atoms with Gasteiger partial charge >= 0.3 is 8.03 Å². The summed E-state index contributed by atoms with van der Waals surface area (Å²) in [5.74, 6) is -5.81. The van der Waals surface area contributed by atoms with E-state index in [1.165, 1.54) is 17.4 Å². The van der Waals surface area contributed by atoms with E-state index in [-0.39, 0.29) is 11.7 Å². The summed E-state index contributed by atoms with van der Waals surface area (Å²) >= 11 is 7.39. The summed E-state index contributed by atoms with van der Waals surface area (Å²) in [5.41, 5.74) is 0.550. The third-order valence-electron chi connectivity index (χ3n) is 4.10. The molecule has 2 N–H and O–H groups in total. The lowest BCUT2D eigenvalue weighted by Crippen LogP contribution is -2.26. The van der Waals surface area contributed by atoms with Crippen LogP contribution in [0.3, 0.4) is 0 Å². The summed E-state index contributed by atoms with van der Waals surface area (Å²) in [6.07, 6.45) is 2.00. The molecule has 2 atom stereocenters. The van der Waals surface area contributed by atoms with Crippen LogP contribution in [0.4, 0.5) is 13.2 Å². The second-order valence-corrected chi connectivity index (χ2v) is 8.48. The van der Waals surface area contributed by atoms with Gasteiger partial charge < -0.3 is 5.32 Å². The largest absolute Gasteiger partial charge is 0.506 e. The van der Waals surface area contributed by atoms with E-state index in [0.717, 1.165) is 23.0 Å². The highest BCUT2D eigenvalue weighted by Gasteiger charge is 2.31. The molecule has 4 nitrogen and oxygen atoms in total. The van der Waals surface area contributed by atoms with Crippen LogP contribution < -0.4 is 5.32 Å². The van der Waals surface area contributed by atoms with E-state index < -0.39 is 37.3 Å². The molecule has 0 fully saturated rings. The molecule has 3 rings (SSSR count). The van der Waals surface area contributed by atoms with Crippen molar-refractivity contribution in [3.8, 4) is 0 Å². The van der Waals surface area contributed by atoms with Gasteiger partial charge in [-0.15, -0.1) is 11.3 Å². The van der Waals surface area contributed by atoms with Gasteiger partial charge in [0.05, 0.1) is 0 Å². The van der Waals surface area contributed by atoms with Gasteiger partial charge in [0, 0.05) is 15.9 Å². The molecule has 0 bridgehead atoms. The Morgan fingerprint density at radius 2 is 1.93 bits per heavy atom. The van der Waals surface area contributed by atoms with Crippen LogP contribution in [0.2, 0.25) is 5.02 Å². The maximum atomic E-state index is 13.3. The molecule has 0 aliphatic rings. The Labute approximate surface area is 173 Å². The van der Waals surface area contributed by atoms with Crippen molar-refractivity contribution in [1.82, 2.24) is 5.32 Å². The molecule has 2 unspecified atom stereocenters. The van der Waals surface area contributed by atoms with Crippen LogP contribution in [0.1, 0.15) is 17.0 Å². The maximum Gasteiger partial charge on any atom is 0.506 e. The summed E-state index contributed by atoms with van der Waals surface area (Å²) in [4.78, 5) is 22.0. The monoisotopic (exact) mass is 458 g/mol. The molecule has 150 valence electrons. The van der Waals surface area contributed by atoms with Crippen molar-refractivity contribution in [2.45, 2.75) is 5.92 Å². The second-order valence-electron chi connectivity index (χ2n) is 6.06. The summed E-state index contributed by atoms with van der Waals surface area (Å²) in [6.45, 7) is 0. The number of nitrogens with one attached hydrogen (secondary N) is 1. The number of halogens is 4. The number of rotatable bonds is 6. The molecule has 1 amide bonds. The smallest absolute Gasteiger partial charge is 0.332 e. The van der Waals surface area contributed by atoms with E-state index in [4.69, 9.17) is 11.6 Å². The second kappa shape index (κ2) is 9.05. The molecule has 0 saturated carbocycles. The fraction of sp³-hybridized carbons (Fsp3) is 0.105. The van der Waals surface area contributed by atoms with Crippen molar-refractivity contribution in [1.29, 1.82) is 0 Å². The average Bonchev–Trinajstić information content (AvgIpc) is 3.06. The molecule has 0 spiro atoms. The number of benzene rings is 2. The molecule has 29 heavy (non-hydrogen) atoms. The zero-order valence-corrected chi connectivity index (χ0v) is 17.0. The first-order valence-corrected chi connectivity index (χ1v) is 10.8. The van der Waals surface area contributed by atoms with E-state index in [2.05, 4.69) is 5.32 Å². The van der Waals surface area contributed by atoms with Gasteiger partial charge in [-0.05, 0) is 62.9 Å². The predicted octanol–water partition coefficient (Wildman–Crippen LogP) is 5.58. The van der Waals surface area contributed by atoms with Crippen LogP contribution in [0.25, 0.3) is 16.2 Å². The zero-order valence-electron chi connectivity index (χ0n) is 14.5. The van der Waals surface area contributed by atoms with E-state index in [1.807, 2.05) is 0 Å². The first-order chi connectivity index (χ1) is 13.8. The zero-order chi connectivity index (χ0) is 21.1. The van der Waals surface area contributed by atoms with Gasteiger partial charge in [-0.1, -0.05) is 11.6 Å². The van der Waals surface area contributed by atoms with Crippen molar-refractivity contribution in [2.75, 3.05) is 6.16 Å². The Kier molecular flexibility index (Phi) is 6.70. The van der Waals surface area contributed by atoms with Gasteiger partial charge in [0.25, 0.3) is 0 Å². The third kappa shape index (κ3) is 5.03. The summed E-state index contributed by atoms with van der Waals surface area (Å²) in [7, 11) is -2.62. The van der Waals surface area contributed by atoms with Crippen molar-refractivity contribution in [2.24, 2.45) is 0 Å². The Morgan fingerprint density at radius 3 is 2.59 bits per heavy atom. The third-order valence-corrected chi connectivity index (χ3v) is 6.00. The minimum atomic E-state index is -2.62.